The molecule has 23 heavy (non-hydrogen) atoms. The first-order valence-corrected chi connectivity index (χ1v) is 8.23. The summed E-state index contributed by atoms with van der Waals surface area (Å²) in [5.41, 5.74) is 1.23. The van der Waals surface area contributed by atoms with Crippen molar-refractivity contribution in [1.82, 2.24) is 4.90 Å². The zero-order valence-corrected chi connectivity index (χ0v) is 13.3. The van der Waals surface area contributed by atoms with Crippen molar-refractivity contribution >= 4 is 5.91 Å². The zero-order valence-electron chi connectivity index (χ0n) is 13.3. The van der Waals surface area contributed by atoms with Crippen molar-refractivity contribution in [3.05, 3.63) is 54.0 Å². The zero-order chi connectivity index (χ0) is 15.8. The van der Waals surface area contributed by atoms with Gasteiger partial charge in [-0.3, -0.25) is 4.79 Å². The lowest BCUT2D eigenvalue weighted by Crippen LogP contribution is -2.34. The number of ether oxygens (including phenoxy) is 1. The van der Waals surface area contributed by atoms with Crippen LogP contribution < -0.4 is 4.74 Å². The first kappa shape index (κ1) is 14.4. The van der Waals surface area contributed by atoms with Crippen molar-refractivity contribution in [2.45, 2.75) is 37.8 Å². The van der Waals surface area contributed by atoms with E-state index in [4.69, 9.17) is 9.15 Å². The molecule has 2 unspecified atom stereocenters. The van der Waals surface area contributed by atoms with Crippen LogP contribution in [0.4, 0.5) is 0 Å². The number of hydrogen-bond acceptors (Lipinski definition) is 3. The molecule has 1 aromatic heterocycles. The Hall–Kier alpha value is -2.23. The molecule has 2 saturated carbocycles. The lowest BCUT2D eigenvalue weighted by Gasteiger charge is -2.21. The number of nitrogens with zero attached hydrogens (tertiary/aromatic N) is 1. The summed E-state index contributed by atoms with van der Waals surface area (Å²) in [7, 11) is 1.67. The quantitative estimate of drug-likeness (QED) is 0.819. The number of benzene rings is 1. The Morgan fingerprint density at radius 3 is 2.65 bits per heavy atom. The third-order valence-electron chi connectivity index (χ3n) is 4.83. The molecule has 2 fully saturated rings. The molecule has 0 bridgehead atoms. The predicted octanol–water partition coefficient (Wildman–Crippen LogP) is 3.58. The van der Waals surface area contributed by atoms with Crippen LogP contribution in [-0.2, 0) is 11.3 Å². The van der Waals surface area contributed by atoms with Gasteiger partial charge >= 0.3 is 0 Å². The fourth-order valence-corrected chi connectivity index (χ4v) is 3.24. The summed E-state index contributed by atoms with van der Waals surface area (Å²) >= 11 is 0. The molecule has 4 rings (SSSR count). The van der Waals surface area contributed by atoms with Crippen molar-refractivity contribution < 1.29 is 13.9 Å². The van der Waals surface area contributed by atoms with Crippen LogP contribution in [0.3, 0.4) is 0 Å². The van der Waals surface area contributed by atoms with Crippen molar-refractivity contribution in [3.8, 4) is 5.75 Å². The topological polar surface area (TPSA) is 42.7 Å². The first-order chi connectivity index (χ1) is 11.3. The van der Waals surface area contributed by atoms with Gasteiger partial charge in [-0.25, -0.2) is 0 Å². The molecule has 0 N–H and O–H groups in total. The summed E-state index contributed by atoms with van der Waals surface area (Å²) in [6, 6.07) is 12.3. The van der Waals surface area contributed by atoms with E-state index >= 15 is 0 Å². The van der Waals surface area contributed by atoms with E-state index in [0.717, 1.165) is 30.8 Å². The summed E-state index contributed by atoms with van der Waals surface area (Å²) in [5.74, 6) is 2.48. The molecule has 0 aliphatic heterocycles. The Morgan fingerprint density at radius 2 is 2.04 bits per heavy atom. The summed E-state index contributed by atoms with van der Waals surface area (Å²) < 4.78 is 10.6. The molecule has 0 spiro atoms. The number of rotatable bonds is 6. The molecule has 1 amide bonds. The van der Waals surface area contributed by atoms with E-state index in [1.165, 1.54) is 5.56 Å². The molecule has 0 saturated heterocycles. The largest absolute Gasteiger partial charge is 0.497 e. The molecule has 4 heteroatoms. The molecule has 2 atom stereocenters. The number of carbonyl (C=O) groups excluding carboxylic acids is 1. The second kappa shape index (κ2) is 5.76. The Kier molecular flexibility index (Phi) is 3.60. The van der Waals surface area contributed by atoms with Crippen LogP contribution in [0.1, 0.15) is 36.5 Å². The van der Waals surface area contributed by atoms with Crippen LogP contribution >= 0.6 is 0 Å². The maximum atomic E-state index is 12.9. The third-order valence-corrected chi connectivity index (χ3v) is 4.83. The van der Waals surface area contributed by atoms with E-state index < -0.39 is 0 Å². The van der Waals surface area contributed by atoms with Gasteiger partial charge in [0, 0.05) is 12.0 Å². The molecule has 0 radical (unpaired) electrons. The SMILES string of the molecule is COc1ccc(C2CC2C(=O)N(Cc2ccco2)C2CC2)cc1. The van der Waals surface area contributed by atoms with Crippen molar-refractivity contribution in [3.63, 3.8) is 0 Å². The van der Waals surface area contributed by atoms with Gasteiger partial charge in [0.1, 0.15) is 11.5 Å². The first-order valence-electron chi connectivity index (χ1n) is 8.23. The second-order valence-electron chi connectivity index (χ2n) is 6.50. The minimum Gasteiger partial charge on any atom is -0.497 e. The Bertz CT molecular complexity index is 673. The maximum Gasteiger partial charge on any atom is 0.226 e. The molecule has 1 aromatic carbocycles. The predicted molar refractivity (Wildman–Crippen MR) is 86.1 cm³/mol. The van der Waals surface area contributed by atoms with Gasteiger partial charge in [0.15, 0.2) is 0 Å². The molecule has 4 nitrogen and oxygen atoms in total. The molecular formula is C19H21NO3. The smallest absolute Gasteiger partial charge is 0.226 e. The second-order valence-corrected chi connectivity index (χ2v) is 6.50. The number of methoxy groups -OCH3 is 1. The van der Waals surface area contributed by atoms with Crippen LogP contribution in [0.2, 0.25) is 0 Å². The highest BCUT2D eigenvalue weighted by molar-refractivity contribution is 5.83. The minimum absolute atomic E-state index is 0.124. The highest BCUT2D eigenvalue weighted by Gasteiger charge is 2.48. The molecule has 2 aromatic rings. The van der Waals surface area contributed by atoms with Gasteiger partial charge in [-0.05, 0) is 55.0 Å². The Balaban J connectivity index is 1.43. The summed E-state index contributed by atoms with van der Waals surface area (Å²) in [4.78, 5) is 14.9. The monoisotopic (exact) mass is 311 g/mol. The van der Waals surface area contributed by atoms with E-state index in [1.54, 1.807) is 13.4 Å². The van der Waals surface area contributed by atoms with Gasteiger partial charge in [0.2, 0.25) is 5.91 Å². The van der Waals surface area contributed by atoms with Gasteiger partial charge in [0.05, 0.1) is 19.9 Å². The van der Waals surface area contributed by atoms with E-state index in [9.17, 15) is 4.79 Å². The van der Waals surface area contributed by atoms with Crippen molar-refractivity contribution in [1.29, 1.82) is 0 Å². The fourth-order valence-electron chi connectivity index (χ4n) is 3.24. The van der Waals surface area contributed by atoms with Crippen LogP contribution in [0.5, 0.6) is 5.75 Å². The highest BCUT2D eigenvalue weighted by atomic mass is 16.5. The van der Waals surface area contributed by atoms with Crippen molar-refractivity contribution in [2.75, 3.05) is 7.11 Å². The average Bonchev–Trinajstić information content (AvgIpc) is 3.51. The van der Waals surface area contributed by atoms with Gasteiger partial charge in [0.25, 0.3) is 0 Å². The summed E-state index contributed by atoms with van der Waals surface area (Å²) in [6.07, 6.45) is 4.85. The van der Waals surface area contributed by atoms with E-state index in [0.29, 0.717) is 18.5 Å². The molecule has 120 valence electrons. The Morgan fingerprint density at radius 1 is 1.26 bits per heavy atom. The van der Waals surface area contributed by atoms with Crippen LogP contribution in [0, 0.1) is 5.92 Å². The Labute approximate surface area is 136 Å². The standard InChI is InChI=1S/C19H21NO3/c1-22-15-8-4-13(5-9-15)17-11-18(17)19(21)20(14-6-7-14)12-16-3-2-10-23-16/h2-5,8-10,14,17-18H,6-7,11-12H2,1H3. The normalized spacial score (nSPS) is 22.7. The number of hydrogen-bond donors (Lipinski definition) is 0. The summed E-state index contributed by atoms with van der Waals surface area (Å²) in [6.45, 7) is 0.600. The van der Waals surface area contributed by atoms with E-state index in [2.05, 4.69) is 12.1 Å². The van der Waals surface area contributed by atoms with Gasteiger partial charge in [-0.2, -0.15) is 0 Å². The van der Waals surface area contributed by atoms with Crippen molar-refractivity contribution in [2.24, 2.45) is 5.92 Å². The number of amides is 1. The third kappa shape index (κ3) is 2.98. The van der Waals surface area contributed by atoms with Crippen LogP contribution in [-0.4, -0.2) is 24.0 Å². The minimum atomic E-state index is 0.124. The molecule has 1 heterocycles. The molecule has 2 aliphatic rings. The van der Waals surface area contributed by atoms with E-state index in [1.807, 2.05) is 29.2 Å². The van der Waals surface area contributed by atoms with Crippen LogP contribution in [0.25, 0.3) is 0 Å². The lowest BCUT2D eigenvalue weighted by molar-refractivity contribution is -0.134. The fraction of sp³-hybridized carbons (Fsp3) is 0.421. The molecular weight excluding hydrogens is 290 g/mol. The summed E-state index contributed by atoms with van der Waals surface area (Å²) in [5, 5.41) is 0. The lowest BCUT2D eigenvalue weighted by atomic mass is 10.1. The van der Waals surface area contributed by atoms with Gasteiger partial charge in [-0.15, -0.1) is 0 Å². The van der Waals surface area contributed by atoms with Gasteiger partial charge in [-0.1, -0.05) is 12.1 Å². The highest BCUT2D eigenvalue weighted by Crippen LogP contribution is 2.49. The maximum absolute atomic E-state index is 12.9. The average molecular weight is 311 g/mol. The van der Waals surface area contributed by atoms with E-state index in [-0.39, 0.29) is 11.8 Å². The molecule has 2 aliphatic carbocycles. The van der Waals surface area contributed by atoms with Crippen LogP contribution in [0.15, 0.2) is 47.1 Å². The number of furan rings is 1. The number of carbonyl (C=O) groups is 1. The van der Waals surface area contributed by atoms with Gasteiger partial charge < -0.3 is 14.1 Å².